The topological polar surface area (TPSA) is 58.2 Å². The number of rotatable bonds is 4. The van der Waals surface area contributed by atoms with Gasteiger partial charge >= 0.3 is 0 Å². The van der Waals surface area contributed by atoms with Crippen LogP contribution in [0.3, 0.4) is 0 Å². The molecule has 82 valence electrons. The number of hydrogen-bond acceptors (Lipinski definition) is 3. The summed E-state index contributed by atoms with van der Waals surface area (Å²) in [5.41, 5.74) is 4.30. The third-order valence-corrected chi connectivity index (χ3v) is 2.22. The van der Waals surface area contributed by atoms with Gasteiger partial charge in [-0.3, -0.25) is 0 Å². The van der Waals surface area contributed by atoms with Crippen molar-refractivity contribution in [1.29, 1.82) is 0 Å². The highest BCUT2D eigenvalue weighted by atomic mass is 32.2. The van der Waals surface area contributed by atoms with Crippen LogP contribution in [0.4, 0.5) is 0 Å². The van der Waals surface area contributed by atoms with Crippen molar-refractivity contribution in [3.8, 4) is 0 Å². The summed E-state index contributed by atoms with van der Waals surface area (Å²) < 4.78 is 21.8. The molecule has 0 saturated carbocycles. The molecule has 0 unspecified atom stereocenters. The SMILES string of the molecule is C/C=C(/NNS(C)(=O)=O)c1ccccc1. The second kappa shape index (κ2) is 4.95. The Morgan fingerprint density at radius 1 is 1.27 bits per heavy atom. The largest absolute Gasteiger partial charge is 0.308 e. The summed E-state index contributed by atoms with van der Waals surface area (Å²) in [7, 11) is -3.24. The van der Waals surface area contributed by atoms with Gasteiger partial charge in [0.1, 0.15) is 0 Å². The van der Waals surface area contributed by atoms with Gasteiger partial charge in [0.05, 0.1) is 12.0 Å². The molecule has 5 heteroatoms. The molecule has 0 heterocycles. The molecule has 1 rings (SSSR count). The number of hydrazine groups is 1. The van der Waals surface area contributed by atoms with Crippen molar-refractivity contribution >= 4 is 15.7 Å². The van der Waals surface area contributed by atoms with Gasteiger partial charge in [-0.05, 0) is 12.5 Å². The Balaban J connectivity index is 2.76. The Morgan fingerprint density at radius 2 is 1.87 bits per heavy atom. The van der Waals surface area contributed by atoms with E-state index in [9.17, 15) is 8.42 Å². The molecule has 0 atom stereocenters. The number of hydrogen-bond donors (Lipinski definition) is 2. The Hall–Kier alpha value is -1.33. The van der Waals surface area contributed by atoms with Gasteiger partial charge in [-0.15, -0.1) is 4.83 Å². The second-order valence-corrected chi connectivity index (χ2v) is 4.82. The maximum atomic E-state index is 10.9. The number of nitrogens with one attached hydrogen (secondary N) is 2. The van der Waals surface area contributed by atoms with Gasteiger partial charge in [-0.2, -0.15) is 0 Å². The molecular weight excluding hydrogens is 212 g/mol. The first-order valence-electron chi connectivity index (χ1n) is 4.47. The molecule has 0 saturated heterocycles. The quantitative estimate of drug-likeness (QED) is 0.756. The zero-order valence-electron chi connectivity index (χ0n) is 8.69. The molecule has 4 nitrogen and oxygen atoms in total. The first-order chi connectivity index (χ1) is 7.03. The van der Waals surface area contributed by atoms with E-state index in [1.165, 1.54) is 0 Å². The predicted octanol–water partition coefficient (Wildman–Crippen LogP) is 1.10. The summed E-state index contributed by atoms with van der Waals surface area (Å²) in [4.78, 5) is 2.23. The van der Waals surface area contributed by atoms with Crippen LogP contribution in [0.5, 0.6) is 0 Å². The number of sulfonamides is 1. The molecule has 2 N–H and O–H groups in total. The standard InChI is InChI=1S/C10H14N2O2S/c1-3-10(11-12-15(2,13)14)9-7-5-4-6-8-9/h3-8,11-12H,1-2H3/b10-3+. The van der Waals surface area contributed by atoms with Crippen LogP contribution in [0.1, 0.15) is 12.5 Å². The number of allylic oxidation sites excluding steroid dienone is 1. The summed E-state index contributed by atoms with van der Waals surface area (Å²) in [5.74, 6) is 0. The summed E-state index contributed by atoms with van der Waals surface area (Å²) in [5, 5.41) is 0. The predicted molar refractivity (Wildman–Crippen MR) is 61.2 cm³/mol. The van der Waals surface area contributed by atoms with E-state index in [0.29, 0.717) is 0 Å². The highest BCUT2D eigenvalue weighted by Crippen LogP contribution is 2.09. The molecule has 1 aromatic rings. The minimum atomic E-state index is -3.24. The molecule has 0 aliphatic rings. The van der Waals surface area contributed by atoms with Crippen molar-refractivity contribution < 1.29 is 8.42 Å². The fourth-order valence-corrected chi connectivity index (χ4v) is 1.37. The zero-order chi connectivity index (χ0) is 11.3. The minimum Gasteiger partial charge on any atom is -0.308 e. The van der Waals surface area contributed by atoms with Gasteiger partial charge < -0.3 is 5.43 Å². The molecule has 0 fully saturated rings. The van der Waals surface area contributed by atoms with E-state index in [0.717, 1.165) is 17.5 Å². The molecule has 0 aliphatic carbocycles. The average molecular weight is 226 g/mol. The fraction of sp³-hybridized carbons (Fsp3) is 0.200. The summed E-state index contributed by atoms with van der Waals surface area (Å²) in [6.07, 6.45) is 2.89. The zero-order valence-corrected chi connectivity index (χ0v) is 9.51. The molecule has 0 aliphatic heterocycles. The van der Waals surface area contributed by atoms with Crippen molar-refractivity contribution in [1.82, 2.24) is 10.3 Å². The Morgan fingerprint density at radius 3 is 2.33 bits per heavy atom. The van der Waals surface area contributed by atoms with Gasteiger partial charge in [0.25, 0.3) is 0 Å². The highest BCUT2D eigenvalue weighted by molar-refractivity contribution is 7.88. The summed E-state index contributed by atoms with van der Waals surface area (Å²) >= 11 is 0. The van der Waals surface area contributed by atoms with Crippen LogP contribution < -0.4 is 10.3 Å². The fourth-order valence-electron chi connectivity index (χ4n) is 1.08. The molecule has 15 heavy (non-hydrogen) atoms. The van der Waals surface area contributed by atoms with Crippen LogP contribution >= 0.6 is 0 Å². The first-order valence-corrected chi connectivity index (χ1v) is 6.36. The van der Waals surface area contributed by atoms with Crippen molar-refractivity contribution in [2.24, 2.45) is 0 Å². The highest BCUT2D eigenvalue weighted by Gasteiger charge is 2.02. The second-order valence-electron chi connectivity index (χ2n) is 3.07. The van der Waals surface area contributed by atoms with Gasteiger partial charge in [0.2, 0.25) is 10.0 Å². The lowest BCUT2D eigenvalue weighted by molar-refractivity contribution is 0.582. The monoisotopic (exact) mass is 226 g/mol. The normalized spacial score (nSPS) is 12.5. The average Bonchev–Trinajstić information content (AvgIpc) is 2.19. The van der Waals surface area contributed by atoms with Gasteiger partial charge in [-0.1, -0.05) is 36.4 Å². The van der Waals surface area contributed by atoms with Gasteiger partial charge in [0, 0.05) is 0 Å². The van der Waals surface area contributed by atoms with Gasteiger partial charge in [-0.25, -0.2) is 8.42 Å². The maximum Gasteiger partial charge on any atom is 0.225 e. The molecule has 1 aromatic carbocycles. The van der Waals surface area contributed by atoms with Crippen molar-refractivity contribution in [3.63, 3.8) is 0 Å². The third-order valence-electron chi connectivity index (χ3n) is 1.74. The van der Waals surface area contributed by atoms with E-state index < -0.39 is 10.0 Å². The van der Waals surface area contributed by atoms with Crippen LogP contribution in [-0.2, 0) is 10.0 Å². The van der Waals surface area contributed by atoms with Crippen molar-refractivity contribution in [3.05, 3.63) is 42.0 Å². The minimum absolute atomic E-state index is 0.723. The van der Waals surface area contributed by atoms with E-state index in [2.05, 4.69) is 10.3 Å². The molecule has 0 spiro atoms. The molecule has 0 aromatic heterocycles. The van der Waals surface area contributed by atoms with Crippen LogP contribution in [0.2, 0.25) is 0 Å². The van der Waals surface area contributed by atoms with Crippen LogP contribution in [0, 0.1) is 0 Å². The van der Waals surface area contributed by atoms with Gasteiger partial charge in [0.15, 0.2) is 0 Å². The van der Waals surface area contributed by atoms with Crippen molar-refractivity contribution in [2.45, 2.75) is 6.92 Å². The van der Waals surface area contributed by atoms with Crippen LogP contribution in [-0.4, -0.2) is 14.7 Å². The third kappa shape index (κ3) is 4.14. The van der Waals surface area contributed by atoms with Crippen molar-refractivity contribution in [2.75, 3.05) is 6.26 Å². The van der Waals surface area contributed by atoms with Crippen LogP contribution in [0.15, 0.2) is 36.4 Å². The molecule has 0 radical (unpaired) electrons. The van der Waals surface area contributed by atoms with Crippen LogP contribution in [0.25, 0.3) is 5.70 Å². The molecule has 0 amide bonds. The Bertz CT molecular complexity index is 438. The molecule has 0 bridgehead atoms. The van der Waals surface area contributed by atoms with E-state index in [1.54, 1.807) is 6.08 Å². The van der Waals surface area contributed by atoms with E-state index >= 15 is 0 Å². The lowest BCUT2D eigenvalue weighted by Crippen LogP contribution is -2.35. The van der Waals surface area contributed by atoms with E-state index in [1.807, 2.05) is 37.3 Å². The maximum absolute atomic E-state index is 10.9. The summed E-state index contributed by atoms with van der Waals surface area (Å²) in [6.45, 7) is 1.83. The first kappa shape index (κ1) is 11.7. The summed E-state index contributed by atoms with van der Waals surface area (Å²) in [6, 6.07) is 9.47. The Kier molecular flexibility index (Phi) is 3.88. The van der Waals surface area contributed by atoms with E-state index in [-0.39, 0.29) is 0 Å². The Labute approximate surface area is 90.0 Å². The number of benzene rings is 1. The lowest BCUT2D eigenvalue weighted by Gasteiger charge is -2.10. The molecular formula is C10H14N2O2S. The smallest absolute Gasteiger partial charge is 0.225 e. The lowest BCUT2D eigenvalue weighted by atomic mass is 10.1. The van der Waals surface area contributed by atoms with E-state index in [4.69, 9.17) is 0 Å².